The van der Waals surface area contributed by atoms with E-state index in [1.807, 2.05) is 25.8 Å². The van der Waals surface area contributed by atoms with E-state index in [0.29, 0.717) is 11.7 Å². The maximum absolute atomic E-state index is 12.1. The molecular weight excluding hydrogens is 310 g/mol. The molecule has 5 nitrogen and oxygen atoms in total. The van der Waals surface area contributed by atoms with Gasteiger partial charge in [0.1, 0.15) is 5.76 Å². The van der Waals surface area contributed by atoms with Crippen molar-refractivity contribution in [2.75, 3.05) is 32.4 Å². The molecule has 1 aliphatic heterocycles. The number of nitrogens with zero attached hydrogens (tertiary/aromatic N) is 2. The predicted octanol–water partition coefficient (Wildman–Crippen LogP) is 2.01. The van der Waals surface area contributed by atoms with Gasteiger partial charge in [-0.1, -0.05) is 5.16 Å². The van der Waals surface area contributed by atoms with Crippen LogP contribution in [0.25, 0.3) is 0 Å². The summed E-state index contributed by atoms with van der Waals surface area (Å²) < 4.78 is 5.13. The molecule has 0 saturated carbocycles. The molecule has 120 valence electrons. The summed E-state index contributed by atoms with van der Waals surface area (Å²) in [5.41, 5.74) is 2.05. The molecule has 0 aromatic carbocycles. The highest BCUT2D eigenvalue weighted by Crippen LogP contribution is 2.21. The SMILES string of the molecule is CNCC1CCN(C(=O)CSCc2c(C)noc2C)C1.Cl. The van der Waals surface area contributed by atoms with Gasteiger partial charge >= 0.3 is 0 Å². The Bertz CT molecular complexity index is 448. The van der Waals surface area contributed by atoms with Gasteiger partial charge in [-0.3, -0.25) is 4.79 Å². The summed E-state index contributed by atoms with van der Waals surface area (Å²) in [6, 6.07) is 0. The zero-order chi connectivity index (χ0) is 14.5. The minimum atomic E-state index is 0. The molecule has 2 heterocycles. The average molecular weight is 334 g/mol. The molecule has 0 spiro atoms. The molecule has 0 aliphatic carbocycles. The number of rotatable bonds is 6. The molecule has 7 heteroatoms. The van der Waals surface area contributed by atoms with Crippen molar-refractivity contribution in [3.8, 4) is 0 Å². The standard InChI is InChI=1S/C14H23N3O2S.ClH/c1-10-13(11(2)19-16-10)8-20-9-14(18)17-5-4-12(7-17)6-15-3;/h12,15H,4-9H2,1-3H3;1H. The Morgan fingerprint density at radius 2 is 2.29 bits per heavy atom. The second-order valence-electron chi connectivity index (χ2n) is 5.35. The summed E-state index contributed by atoms with van der Waals surface area (Å²) in [5, 5.41) is 7.11. The van der Waals surface area contributed by atoms with Gasteiger partial charge in [-0.2, -0.15) is 0 Å². The second kappa shape index (κ2) is 8.66. The summed E-state index contributed by atoms with van der Waals surface area (Å²) in [6.45, 7) is 6.65. The Balaban J connectivity index is 0.00000220. The quantitative estimate of drug-likeness (QED) is 0.863. The zero-order valence-corrected chi connectivity index (χ0v) is 14.5. The topological polar surface area (TPSA) is 58.4 Å². The molecule has 1 N–H and O–H groups in total. The van der Waals surface area contributed by atoms with Gasteiger partial charge in [0.15, 0.2) is 0 Å². The third-order valence-electron chi connectivity index (χ3n) is 3.78. The first-order valence-electron chi connectivity index (χ1n) is 7.03. The average Bonchev–Trinajstić information content (AvgIpc) is 3.00. The van der Waals surface area contributed by atoms with Crippen LogP contribution in [0, 0.1) is 19.8 Å². The largest absolute Gasteiger partial charge is 0.361 e. The molecule has 1 aliphatic rings. The molecule has 1 atom stereocenters. The summed E-state index contributed by atoms with van der Waals surface area (Å²) in [4.78, 5) is 14.1. The van der Waals surface area contributed by atoms with E-state index in [4.69, 9.17) is 4.52 Å². The van der Waals surface area contributed by atoms with E-state index < -0.39 is 0 Å². The van der Waals surface area contributed by atoms with Crippen LogP contribution in [-0.2, 0) is 10.5 Å². The minimum absolute atomic E-state index is 0. The molecular formula is C14H24ClN3O2S. The fourth-order valence-corrected chi connectivity index (χ4v) is 3.63. The van der Waals surface area contributed by atoms with E-state index in [1.165, 1.54) is 0 Å². The van der Waals surface area contributed by atoms with Crippen LogP contribution in [0.4, 0.5) is 0 Å². The van der Waals surface area contributed by atoms with E-state index in [9.17, 15) is 4.79 Å². The molecule has 1 unspecified atom stereocenters. The van der Waals surface area contributed by atoms with Gasteiger partial charge in [0.2, 0.25) is 5.91 Å². The van der Waals surface area contributed by atoms with E-state index in [1.54, 1.807) is 11.8 Å². The van der Waals surface area contributed by atoms with Gasteiger partial charge in [0, 0.05) is 24.4 Å². The molecule has 1 saturated heterocycles. The van der Waals surface area contributed by atoms with Crippen LogP contribution in [0.2, 0.25) is 0 Å². The van der Waals surface area contributed by atoms with Crippen LogP contribution in [0.15, 0.2) is 4.52 Å². The highest BCUT2D eigenvalue weighted by molar-refractivity contribution is 7.99. The Morgan fingerprint density at radius 3 is 2.90 bits per heavy atom. The minimum Gasteiger partial charge on any atom is -0.361 e. The Labute approximate surface area is 136 Å². The first-order chi connectivity index (χ1) is 9.61. The monoisotopic (exact) mass is 333 g/mol. The fourth-order valence-electron chi connectivity index (χ4n) is 2.55. The van der Waals surface area contributed by atoms with Crippen LogP contribution in [0.3, 0.4) is 0 Å². The normalized spacial score (nSPS) is 17.9. The highest BCUT2D eigenvalue weighted by Gasteiger charge is 2.25. The molecule has 0 bridgehead atoms. The van der Waals surface area contributed by atoms with E-state index in [-0.39, 0.29) is 18.3 Å². The Morgan fingerprint density at radius 1 is 1.52 bits per heavy atom. The lowest BCUT2D eigenvalue weighted by Gasteiger charge is -2.16. The number of carbonyl (C=O) groups is 1. The smallest absolute Gasteiger partial charge is 0.232 e. The number of amides is 1. The summed E-state index contributed by atoms with van der Waals surface area (Å²) in [6.07, 6.45) is 1.11. The lowest BCUT2D eigenvalue weighted by atomic mass is 10.1. The van der Waals surface area contributed by atoms with Crippen molar-refractivity contribution >= 4 is 30.1 Å². The lowest BCUT2D eigenvalue weighted by molar-refractivity contribution is -0.127. The van der Waals surface area contributed by atoms with Crippen LogP contribution in [0.5, 0.6) is 0 Å². The first kappa shape index (κ1) is 18.3. The number of aryl methyl sites for hydroxylation is 2. The predicted molar refractivity (Wildman–Crippen MR) is 88.0 cm³/mol. The molecule has 0 radical (unpaired) electrons. The van der Waals surface area contributed by atoms with Crippen molar-refractivity contribution in [1.29, 1.82) is 0 Å². The van der Waals surface area contributed by atoms with Crippen molar-refractivity contribution in [2.45, 2.75) is 26.0 Å². The second-order valence-corrected chi connectivity index (χ2v) is 6.33. The number of carbonyl (C=O) groups excluding carboxylic acids is 1. The molecule has 2 rings (SSSR count). The maximum Gasteiger partial charge on any atom is 0.232 e. The van der Waals surface area contributed by atoms with Crippen LogP contribution < -0.4 is 5.32 Å². The third kappa shape index (κ3) is 4.90. The molecule has 1 fully saturated rings. The van der Waals surface area contributed by atoms with Crippen LogP contribution in [0.1, 0.15) is 23.4 Å². The number of halogens is 1. The Hall–Kier alpha value is -0.720. The van der Waals surface area contributed by atoms with Crippen molar-refractivity contribution in [3.63, 3.8) is 0 Å². The van der Waals surface area contributed by atoms with Gasteiger partial charge in [0.25, 0.3) is 0 Å². The molecule has 1 amide bonds. The van der Waals surface area contributed by atoms with E-state index >= 15 is 0 Å². The van der Waals surface area contributed by atoms with Gasteiger partial charge in [-0.25, -0.2) is 0 Å². The third-order valence-corrected chi connectivity index (χ3v) is 4.73. The zero-order valence-electron chi connectivity index (χ0n) is 12.8. The molecule has 1 aromatic heterocycles. The number of likely N-dealkylation sites (tertiary alicyclic amines) is 1. The summed E-state index contributed by atoms with van der Waals surface area (Å²) in [7, 11) is 1.96. The van der Waals surface area contributed by atoms with Gasteiger partial charge in [-0.15, -0.1) is 24.2 Å². The highest BCUT2D eigenvalue weighted by atomic mass is 35.5. The van der Waals surface area contributed by atoms with Gasteiger partial charge in [0.05, 0.1) is 11.4 Å². The van der Waals surface area contributed by atoms with Crippen molar-refractivity contribution in [3.05, 3.63) is 17.0 Å². The molecule has 21 heavy (non-hydrogen) atoms. The van der Waals surface area contributed by atoms with Crippen LogP contribution in [-0.4, -0.2) is 48.4 Å². The number of aromatic nitrogens is 1. The van der Waals surface area contributed by atoms with Gasteiger partial charge < -0.3 is 14.7 Å². The van der Waals surface area contributed by atoms with Gasteiger partial charge in [-0.05, 0) is 39.8 Å². The van der Waals surface area contributed by atoms with Crippen molar-refractivity contribution in [1.82, 2.24) is 15.4 Å². The van der Waals surface area contributed by atoms with Crippen LogP contribution >= 0.6 is 24.2 Å². The number of nitrogens with one attached hydrogen (secondary N) is 1. The number of thioether (sulfide) groups is 1. The van der Waals surface area contributed by atoms with E-state index in [0.717, 1.165) is 48.8 Å². The number of hydrogen-bond donors (Lipinski definition) is 1. The Kier molecular flexibility index (Phi) is 7.56. The maximum atomic E-state index is 12.1. The van der Waals surface area contributed by atoms with E-state index in [2.05, 4.69) is 10.5 Å². The summed E-state index contributed by atoms with van der Waals surface area (Å²) >= 11 is 1.64. The number of hydrogen-bond acceptors (Lipinski definition) is 5. The van der Waals surface area contributed by atoms with Crippen molar-refractivity contribution in [2.24, 2.45) is 5.92 Å². The van der Waals surface area contributed by atoms with Crippen molar-refractivity contribution < 1.29 is 9.32 Å². The molecule has 1 aromatic rings. The first-order valence-corrected chi connectivity index (χ1v) is 8.19. The summed E-state index contributed by atoms with van der Waals surface area (Å²) in [5.74, 6) is 3.05. The lowest BCUT2D eigenvalue weighted by Crippen LogP contribution is -2.31. The fraction of sp³-hybridized carbons (Fsp3) is 0.714.